The summed E-state index contributed by atoms with van der Waals surface area (Å²) in [5.41, 5.74) is 2.21. The van der Waals surface area contributed by atoms with E-state index in [2.05, 4.69) is 15.2 Å². The molecule has 0 saturated carbocycles. The monoisotopic (exact) mass is 451 g/mol. The molecule has 4 rings (SSSR count). The Bertz CT molecular complexity index is 1140. The molecule has 4 aromatic rings. The molecule has 0 saturated heterocycles. The number of nitrogen functional groups attached to an aromatic ring is 1. The Hall–Kier alpha value is -2.19. The first-order chi connectivity index (χ1) is 13.5. The standard InChI is InChI=1S/C18H12Cl3N5OS/c19-11-3-1-2-10(6-11)17-23-13(8-27-17)9-28-18-25-24-16(26(18)22)14-5-4-12(20)7-15(14)21/h1-8H,9,22H2. The third kappa shape index (κ3) is 3.98. The van der Waals surface area contributed by atoms with Crippen LogP contribution in [0.2, 0.25) is 15.1 Å². The molecule has 0 atom stereocenters. The van der Waals surface area contributed by atoms with E-state index < -0.39 is 0 Å². The zero-order valence-electron chi connectivity index (χ0n) is 14.1. The van der Waals surface area contributed by atoms with Crippen LogP contribution in [0.3, 0.4) is 0 Å². The summed E-state index contributed by atoms with van der Waals surface area (Å²) in [5.74, 6) is 7.60. The summed E-state index contributed by atoms with van der Waals surface area (Å²) in [4.78, 5) is 4.47. The smallest absolute Gasteiger partial charge is 0.226 e. The van der Waals surface area contributed by atoms with Gasteiger partial charge < -0.3 is 10.3 Å². The van der Waals surface area contributed by atoms with E-state index in [-0.39, 0.29) is 0 Å². The molecule has 6 nitrogen and oxygen atoms in total. The van der Waals surface area contributed by atoms with Gasteiger partial charge in [0.05, 0.1) is 10.7 Å². The average molecular weight is 453 g/mol. The molecule has 0 bridgehead atoms. The van der Waals surface area contributed by atoms with Crippen LogP contribution in [-0.2, 0) is 5.75 Å². The first-order valence-electron chi connectivity index (χ1n) is 8.00. The van der Waals surface area contributed by atoms with Crippen LogP contribution in [-0.4, -0.2) is 19.9 Å². The molecule has 2 heterocycles. The number of nitrogens with two attached hydrogens (primary N) is 1. The molecule has 28 heavy (non-hydrogen) atoms. The van der Waals surface area contributed by atoms with E-state index in [4.69, 9.17) is 45.1 Å². The fourth-order valence-electron chi connectivity index (χ4n) is 2.50. The summed E-state index contributed by atoms with van der Waals surface area (Å²) >= 11 is 19.6. The van der Waals surface area contributed by atoms with Crippen LogP contribution in [0.5, 0.6) is 0 Å². The predicted molar refractivity (Wildman–Crippen MR) is 112 cm³/mol. The topological polar surface area (TPSA) is 82.8 Å². The van der Waals surface area contributed by atoms with Crippen molar-refractivity contribution in [3.63, 3.8) is 0 Å². The van der Waals surface area contributed by atoms with Crippen LogP contribution in [0.4, 0.5) is 0 Å². The summed E-state index contributed by atoms with van der Waals surface area (Å²) in [7, 11) is 0. The van der Waals surface area contributed by atoms with Gasteiger partial charge in [-0.15, -0.1) is 10.2 Å². The molecular weight excluding hydrogens is 441 g/mol. The number of oxazole rings is 1. The van der Waals surface area contributed by atoms with Crippen molar-refractivity contribution in [2.45, 2.75) is 10.9 Å². The maximum Gasteiger partial charge on any atom is 0.226 e. The summed E-state index contributed by atoms with van der Waals surface area (Å²) in [6.45, 7) is 0. The highest BCUT2D eigenvalue weighted by Gasteiger charge is 2.16. The van der Waals surface area contributed by atoms with Gasteiger partial charge in [-0.1, -0.05) is 52.6 Å². The van der Waals surface area contributed by atoms with Crippen molar-refractivity contribution in [2.24, 2.45) is 0 Å². The van der Waals surface area contributed by atoms with E-state index in [1.807, 2.05) is 12.1 Å². The van der Waals surface area contributed by atoms with E-state index in [0.29, 0.717) is 43.3 Å². The number of hydrogen-bond acceptors (Lipinski definition) is 6. The maximum atomic E-state index is 6.23. The van der Waals surface area contributed by atoms with Crippen molar-refractivity contribution in [2.75, 3.05) is 5.84 Å². The van der Waals surface area contributed by atoms with Gasteiger partial charge in [-0.25, -0.2) is 9.66 Å². The summed E-state index contributed by atoms with van der Waals surface area (Å²) < 4.78 is 6.93. The Morgan fingerprint density at radius 1 is 1.04 bits per heavy atom. The fraction of sp³-hybridized carbons (Fsp3) is 0.0556. The molecule has 0 aliphatic heterocycles. The van der Waals surface area contributed by atoms with E-state index in [1.54, 1.807) is 36.6 Å². The number of rotatable bonds is 5. The van der Waals surface area contributed by atoms with Gasteiger partial charge in [0, 0.05) is 26.9 Å². The zero-order chi connectivity index (χ0) is 19.7. The van der Waals surface area contributed by atoms with Crippen molar-refractivity contribution in [3.05, 3.63) is 69.5 Å². The molecule has 10 heteroatoms. The molecule has 0 aliphatic carbocycles. The maximum absolute atomic E-state index is 6.23. The zero-order valence-corrected chi connectivity index (χ0v) is 17.2. The van der Waals surface area contributed by atoms with Crippen molar-refractivity contribution in [3.8, 4) is 22.8 Å². The molecule has 0 fully saturated rings. The van der Waals surface area contributed by atoms with E-state index in [0.717, 1.165) is 11.3 Å². The van der Waals surface area contributed by atoms with Crippen molar-refractivity contribution >= 4 is 46.6 Å². The van der Waals surface area contributed by atoms with E-state index in [1.165, 1.54) is 16.4 Å². The van der Waals surface area contributed by atoms with Gasteiger partial charge >= 0.3 is 0 Å². The first-order valence-corrected chi connectivity index (χ1v) is 10.1. The average Bonchev–Trinajstić information content (AvgIpc) is 3.27. The normalized spacial score (nSPS) is 11.1. The number of hydrogen-bond donors (Lipinski definition) is 1. The predicted octanol–water partition coefficient (Wildman–Crippen LogP) is 5.57. The van der Waals surface area contributed by atoms with E-state index in [9.17, 15) is 0 Å². The second-order valence-electron chi connectivity index (χ2n) is 5.74. The number of halogens is 3. The van der Waals surface area contributed by atoms with Crippen molar-refractivity contribution in [1.29, 1.82) is 0 Å². The molecule has 0 amide bonds. The second kappa shape index (κ2) is 8.05. The van der Waals surface area contributed by atoms with Gasteiger partial charge in [0.15, 0.2) is 5.82 Å². The van der Waals surface area contributed by atoms with Crippen LogP contribution in [0, 0.1) is 0 Å². The third-order valence-corrected chi connectivity index (χ3v) is 5.57. The molecule has 0 radical (unpaired) electrons. The van der Waals surface area contributed by atoms with Crippen molar-refractivity contribution < 1.29 is 4.42 Å². The minimum Gasteiger partial charge on any atom is -0.444 e. The Balaban J connectivity index is 1.50. The Morgan fingerprint density at radius 3 is 2.64 bits per heavy atom. The third-order valence-electron chi connectivity index (χ3n) is 3.81. The Labute approximate surface area is 179 Å². The summed E-state index contributed by atoms with van der Waals surface area (Å²) in [6, 6.07) is 12.4. The highest BCUT2D eigenvalue weighted by Crippen LogP contribution is 2.31. The van der Waals surface area contributed by atoms with Gasteiger partial charge in [-0.05, 0) is 36.4 Å². The minimum atomic E-state index is 0.448. The molecule has 2 aromatic heterocycles. The lowest BCUT2D eigenvalue weighted by Crippen LogP contribution is -2.11. The quantitative estimate of drug-likeness (QED) is 0.315. The molecule has 0 aliphatic rings. The van der Waals surface area contributed by atoms with Crippen LogP contribution in [0.15, 0.2) is 58.3 Å². The number of benzene rings is 2. The number of nitrogens with zero attached hydrogens (tertiary/aromatic N) is 4. The Morgan fingerprint density at radius 2 is 1.86 bits per heavy atom. The molecular formula is C18H12Cl3N5OS. The molecule has 0 spiro atoms. The van der Waals surface area contributed by atoms with Gasteiger partial charge in [0.1, 0.15) is 6.26 Å². The van der Waals surface area contributed by atoms with Gasteiger partial charge in [-0.3, -0.25) is 0 Å². The van der Waals surface area contributed by atoms with Gasteiger partial charge in [0.25, 0.3) is 0 Å². The van der Waals surface area contributed by atoms with Crippen LogP contribution in [0.25, 0.3) is 22.8 Å². The molecule has 2 aromatic carbocycles. The fourth-order valence-corrected chi connectivity index (χ4v) is 3.91. The SMILES string of the molecule is Nn1c(SCc2coc(-c3cccc(Cl)c3)n2)nnc1-c1ccc(Cl)cc1Cl. The second-order valence-corrected chi connectivity index (χ2v) is 7.97. The highest BCUT2D eigenvalue weighted by molar-refractivity contribution is 7.98. The van der Waals surface area contributed by atoms with Crippen LogP contribution >= 0.6 is 46.6 Å². The lowest BCUT2D eigenvalue weighted by Gasteiger charge is -2.05. The molecule has 2 N–H and O–H groups in total. The molecule has 142 valence electrons. The van der Waals surface area contributed by atoms with E-state index >= 15 is 0 Å². The van der Waals surface area contributed by atoms with Gasteiger partial charge in [-0.2, -0.15) is 0 Å². The summed E-state index contributed by atoms with van der Waals surface area (Å²) in [5, 5.41) is 10.4. The lowest BCUT2D eigenvalue weighted by atomic mass is 10.2. The minimum absolute atomic E-state index is 0.448. The first kappa shape index (κ1) is 19.1. The largest absolute Gasteiger partial charge is 0.444 e. The van der Waals surface area contributed by atoms with Crippen molar-refractivity contribution in [1.82, 2.24) is 19.9 Å². The number of aromatic nitrogens is 4. The number of thioether (sulfide) groups is 1. The summed E-state index contributed by atoms with van der Waals surface area (Å²) in [6.07, 6.45) is 1.59. The Kier molecular flexibility index (Phi) is 5.50. The van der Waals surface area contributed by atoms with Crippen LogP contribution in [0.1, 0.15) is 5.69 Å². The lowest BCUT2D eigenvalue weighted by molar-refractivity contribution is 0.573. The van der Waals surface area contributed by atoms with Crippen LogP contribution < -0.4 is 5.84 Å². The molecule has 0 unspecified atom stereocenters. The van der Waals surface area contributed by atoms with Gasteiger partial charge in [0.2, 0.25) is 11.0 Å². The highest BCUT2D eigenvalue weighted by atomic mass is 35.5.